The summed E-state index contributed by atoms with van der Waals surface area (Å²) in [6.45, 7) is 0.726. The molecule has 0 spiro atoms. The number of halogens is 4. The topological polar surface area (TPSA) is 64.3 Å². The number of carbonyl (C=O) groups excluding carboxylic acids is 1. The van der Waals surface area contributed by atoms with Gasteiger partial charge in [0, 0.05) is 24.6 Å². The maximum atomic E-state index is 12.9. The third kappa shape index (κ3) is 7.43. The second-order valence-electron chi connectivity index (χ2n) is 5.67. The predicted octanol–water partition coefficient (Wildman–Crippen LogP) is 3.83. The molecule has 1 heterocycles. The lowest BCUT2D eigenvalue weighted by molar-refractivity contribution is -0.137. The Morgan fingerprint density at radius 1 is 1.32 bits per heavy atom. The quantitative estimate of drug-likeness (QED) is 0.764. The second-order valence-corrected chi connectivity index (χ2v) is 6.70. The average molecular weight is 399 g/mol. The molecule has 0 radical (unpaired) electrons. The first kappa shape index (κ1) is 22.1. The van der Waals surface area contributed by atoms with Gasteiger partial charge in [-0.3, -0.25) is 4.79 Å². The van der Waals surface area contributed by atoms with E-state index in [1.807, 2.05) is 0 Å². The Balaban J connectivity index is 0.00000312. The number of nitrogens with two attached hydrogens (primary N) is 1. The number of amides is 1. The number of hydrogen-bond donors (Lipinski definition) is 2. The molecule has 1 aliphatic heterocycles. The van der Waals surface area contributed by atoms with Crippen molar-refractivity contribution in [1.82, 2.24) is 0 Å². The number of carbonyl (C=O) groups is 1. The highest BCUT2D eigenvalue weighted by molar-refractivity contribution is 8.00. The van der Waals surface area contributed by atoms with Gasteiger partial charge >= 0.3 is 6.18 Å². The van der Waals surface area contributed by atoms with Gasteiger partial charge in [-0.1, -0.05) is 0 Å². The Morgan fingerprint density at radius 2 is 2.08 bits per heavy atom. The molecule has 142 valence electrons. The molecule has 1 amide bonds. The van der Waals surface area contributed by atoms with Crippen LogP contribution in [0.15, 0.2) is 18.2 Å². The first-order chi connectivity index (χ1) is 11.4. The van der Waals surface area contributed by atoms with Gasteiger partial charge in [-0.15, -0.1) is 24.2 Å². The Kier molecular flexibility index (Phi) is 9.06. The highest BCUT2D eigenvalue weighted by Crippen LogP contribution is 2.32. The summed E-state index contributed by atoms with van der Waals surface area (Å²) in [5, 5.41) is 2.51. The van der Waals surface area contributed by atoms with E-state index >= 15 is 0 Å². The molecule has 2 rings (SSSR count). The zero-order valence-electron chi connectivity index (χ0n) is 13.6. The Labute approximate surface area is 155 Å². The molecule has 25 heavy (non-hydrogen) atoms. The van der Waals surface area contributed by atoms with Crippen LogP contribution >= 0.6 is 24.2 Å². The smallest absolute Gasteiger partial charge is 0.377 e. The first-order valence-corrected chi connectivity index (χ1v) is 8.94. The molecule has 0 bridgehead atoms. The molecule has 3 N–H and O–H groups in total. The molecule has 9 heteroatoms. The Hall–Kier alpha value is -0.960. The molecular formula is C16H22ClF3N2O2S. The van der Waals surface area contributed by atoms with Gasteiger partial charge in [-0.25, -0.2) is 0 Å². The zero-order valence-corrected chi connectivity index (χ0v) is 15.2. The number of thioether (sulfide) groups is 1. The molecule has 1 unspecified atom stereocenters. The van der Waals surface area contributed by atoms with E-state index in [1.165, 1.54) is 17.8 Å². The van der Waals surface area contributed by atoms with E-state index in [1.54, 1.807) is 0 Å². The summed E-state index contributed by atoms with van der Waals surface area (Å²) in [7, 11) is 0. The van der Waals surface area contributed by atoms with E-state index in [0.29, 0.717) is 11.3 Å². The van der Waals surface area contributed by atoms with E-state index in [9.17, 15) is 18.0 Å². The van der Waals surface area contributed by atoms with Crippen LogP contribution in [0.2, 0.25) is 0 Å². The fourth-order valence-electron chi connectivity index (χ4n) is 2.46. The highest BCUT2D eigenvalue weighted by atomic mass is 35.5. The van der Waals surface area contributed by atoms with Crippen LogP contribution < -0.4 is 11.1 Å². The van der Waals surface area contributed by atoms with Crippen LogP contribution in [0.25, 0.3) is 0 Å². The van der Waals surface area contributed by atoms with Gasteiger partial charge in [0.1, 0.15) is 0 Å². The standard InChI is InChI=1S/C16H21F3N2O2S.ClH/c17-16(18,19)12-5-11(8-20)6-13(7-12)21-15(22)10-24-9-14-3-1-2-4-23-14;/h5-7,14H,1-4,8-10,20H2,(H,21,22);1H. The second kappa shape index (κ2) is 10.3. The molecule has 0 aliphatic carbocycles. The lowest BCUT2D eigenvalue weighted by atomic mass is 10.1. The summed E-state index contributed by atoms with van der Waals surface area (Å²) >= 11 is 1.42. The van der Waals surface area contributed by atoms with Crippen LogP contribution in [-0.4, -0.2) is 30.1 Å². The molecular weight excluding hydrogens is 377 g/mol. The maximum absolute atomic E-state index is 12.9. The van der Waals surface area contributed by atoms with Crippen LogP contribution in [0, 0.1) is 0 Å². The average Bonchev–Trinajstić information content (AvgIpc) is 2.54. The first-order valence-electron chi connectivity index (χ1n) is 7.79. The van der Waals surface area contributed by atoms with Gasteiger partial charge in [0.05, 0.1) is 17.4 Å². The molecule has 1 atom stereocenters. The van der Waals surface area contributed by atoms with Crippen LogP contribution in [0.4, 0.5) is 18.9 Å². The fourth-order valence-corrected chi connectivity index (χ4v) is 3.37. The van der Waals surface area contributed by atoms with Gasteiger partial charge < -0.3 is 15.8 Å². The highest BCUT2D eigenvalue weighted by Gasteiger charge is 2.31. The van der Waals surface area contributed by atoms with E-state index < -0.39 is 11.7 Å². The summed E-state index contributed by atoms with van der Waals surface area (Å²) < 4.78 is 44.1. The van der Waals surface area contributed by atoms with Crippen molar-refractivity contribution >= 4 is 35.8 Å². The van der Waals surface area contributed by atoms with Crippen molar-refractivity contribution in [2.45, 2.75) is 38.1 Å². The molecule has 0 aromatic heterocycles. The van der Waals surface area contributed by atoms with Gasteiger partial charge in [-0.05, 0) is 43.0 Å². The van der Waals surface area contributed by atoms with E-state index in [4.69, 9.17) is 10.5 Å². The van der Waals surface area contributed by atoms with E-state index in [-0.39, 0.29) is 42.4 Å². The van der Waals surface area contributed by atoms with Crippen molar-refractivity contribution < 1.29 is 22.7 Å². The minimum atomic E-state index is -4.47. The number of rotatable bonds is 6. The van der Waals surface area contributed by atoms with Gasteiger partial charge in [0.25, 0.3) is 0 Å². The Morgan fingerprint density at radius 3 is 2.68 bits per heavy atom. The van der Waals surface area contributed by atoms with Crippen molar-refractivity contribution in [2.75, 3.05) is 23.4 Å². The van der Waals surface area contributed by atoms with Crippen molar-refractivity contribution in [1.29, 1.82) is 0 Å². The summed E-state index contributed by atoms with van der Waals surface area (Å²) in [5.41, 5.74) is 5.05. The monoisotopic (exact) mass is 398 g/mol. The number of benzene rings is 1. The number of nitrogens with one attached hydrogen (secondary N) is 1. The fraction of sp³-hybridized carbons (Fsp3) is 0.562. The summed E-state index contributed by atoms with van der Waals surface area (Å²) in [6, 6.07) is 3.37. The van der Waals surface area contributed by atoms with Crippen molar-refractivity contribution in [2.24, 2.45) is 5.73 Å². The summed E-state index contributed by atoms with van der Waals surface area (Å²) in [4.78, 5) is 11.9. The normalized spacial score (nSPS) is 17.7. The molecule has 1 saturated heterocycles. The zero-order chi connectivity index (χ0) is 17.6. The van der Waals surface area contributed by atoms with Gasteiger partial charge in [0.2, 0.25) is 5.91 Å². The SMILES string of the molecule is Cl.NCc1cc(NC(=O)CSCC2CCCCO2)cc(C(F)(F)F)c1. The number of hydrogen-bond acceptors (Lipinski definition) is 4. The van der Waals surface area contributed by atoms with E-state index in [0.717, 1.165) is 38.0 Å². The summed E-state index contributed by atoms with van der Waals surface area (Å²) in [6.07, 6.45) is -1.13. The number of alkyl halides is 3. The van der Waals surface area contributed by atoms with E-state index in [2.05, 4.69) is 5.32 Å². The molecule has 1 fully saturated rings. The number of ether oxygens (including phenoxy) is 1. The van der Waals surface area contributed by atoms with Gasteiger partial charge in [-0.2, -0.15) is 13.2 Å². The lowest BCUT2D eigenvalue weighted by Gasteiger charge is -2.21. The van der Waals surface area contributed by atoms with Crippen molar-refractivity contribution in [3.05, 3.63) is 29.3 Å². The van der Waals surface area contributed by atoms with Crippen LogP contribution in [0.3, 0.4) is 0 Å². The van der Waals surface area contributed by atoms with Crippen LogP contribution in [0.5, 0.6) is 0 Å². The van der Waals surface area contributed by atoms with Crippen molar-refractivity contribution in [3.8, 4) is 0 Å². The minimum absolute atomic E-state index is 0. The Bertz CT molecular complexity index is 567. The van der Waals surface area contributed by atoms with Crippen molar-refractivity contribution in [3.63, 3.8) is 0 Å². The molecule has 4 nitrogen and oxygen atoms in total. The molecule has 0 saturated carbocycles. The largest absolute Gasteiger partial charge is 0.416 e. The third-order valence-electron chi connectivity index (χ3n) is 3.65. The minimum Gasteiger partial charge on any atom is -0.377 e. The summed E-state index contributed by atoms with van der Waals surface area (Å²) in [5.74, 6) is 0.552. The molecule has 1 aromatic rings. The lowest BCUT2D eigenvalue weighted by Crippen LogP contribution is -2.23. The van der Waals surface area contributed by atoms with Crippen LogP contribution in [-0.2, 0) is 22.3 Å². The van der Waals surface area contributed by atoms with Crippen LogP contribution in [0.1, 0.15) is 30.4 Å². The van der Waals surface area contributed by atoms with Gasteiger partial charge in [0.15, 0.2) is 0 Å². The molecule has 1 aliphatic rings. The molecule has 1 aromatic carbocycles. The maximum Gasteiger partial charge on any atom is 0.416 e. The predicted molar refractivity (Wildman–Crippen MR) is 96.1 cm³/mol. The third-order valence-corrected chi connectivity index (χ3v) is 4.72. The number of anilines is 1.